The molecule has 4 rings (SSSR count). The van der Waals surface area contributed by atoms with Gasteiger partial charge >= 0.3 is 0 Å². The number of hydroxylamine groups is 1. The highest BCUT2D eigenvalue weighted by Gasteiger charge is 2.22. The SMILES string of the molecule is CCCCCc1ccc(-c2ccc(-c3nc4ccncc4c(C(=O)NO)c3OC)cc2)cc1. The molecule has 0 aliphatic carbocycles. The second-order valence-electron chi connectivity index (χ2n) is 7.93. The number of carbonyl (C=O) groups excluding carboxylic acids is 1. The molecule has 0 radical (unpaired) electrons. The number of amides is 1. The van der Waals surface area contributed by atoms with Gasteiger partial charge in [0.25, 0.3) is 5.91 Å². The molecule has 0 aliphatic rings. The first-order valence-electron chi connectivity index (χ1n) is 11.1. The fourth-order valence-electron chi connectivity index (χ4n) is 4.03. The van der Waals surface area contributed by atoms with Gasteiger partial charge in [0, 0.05) is 23.3 Å². The van der Waals surface area contributed by atoms with Crippen molar-refractivity contribution in [1.29, 1.82) is 0 Å². The first-order chi connectivity index (χ1) is 16.2. The Morgan fingerprint density at radius 1 is 0.970 bits per heavy atom. The molecule has 2 aromatic heterocycles. The lowest BCUT2D eigenvalue weighted by Crippen LogP contribution is -2.20. The zero-order valence-electron chi connectivity index (χ0n) is 18.8. The van der Waals surface area contributed by atoms with Gasteiger partial charge in [-0.1, -0.05) is 68.3 Å². The van der Waals surface area contributed by atoms with E-state index in [2.05, 4.69) is 36.2 Å². The van der Waals surface area contributed by atoms with Crippen molar-refractivity contribution in [2.45, 2.75) is 32.6 Å². The van der Waals surface area contributed by atoms with Crippen LogP contribution < -0.4 is 10.2 Å². The van der Waals surface area contributed by atoms with Crippen molar-refractivity contribution in [2.24, 2.45) is 0 Å². The Kier molecular flexibility index (Phi) is 6.95. The average Bonchev–Trinajstić information content (AvgIpc) is 2.87. The zero-order valence-corrected chi connectivity index (χ0v) is 18.8. The third-order valence-electron chi connectivity index (χ3n) is 5.79. The minimum Gasteiger partial charge on any atom is -0.494 e. The molecular weight excluding hydrogens is 414 g/mol. The van der Waals surface area contributed by atoms with E-state index in [1.807, 2.05) is 24.3 Å². The maximum Gasteiger partial charge on any atom is 0.279 e. The summed E-state index contributed by atoms with van der Waals surface area (Å²) in [6.45, 7) is 2.22. The van der Waals surface area contributed by atoms with Gasteiger partial charge in [-0.2, -0.15) is 0 Å². The quantitative estimate of drug-likeness (QED) is 0.204. The molecule has 33 heavy (non-hydrogen) atoms. The van der Waals surface area contributed by atoms with Crippen LogP contribution in [0.3, 0.4) is 0 Å². The van der Waals surface area contributed by atoms with Crippen LogP contribution in [-0.4, -0.2) is 28.2 Å². The molecule has 0 saturated heterocycles. The summed E-state index contributed by atoms with van der Waals surface area (Å²) in [4.78, 5) is 21.2. The van der Waals surface area contributed by atoms with Crippen LogP contribution in [0.5, 0.6) is 5.75 Å². The number of ether oxygens (including phenoxy) is 1. The lowest BCUT2D eigenvalue weighted by Gasteiger charge is -2.15. The molecule has 0 saturated carbocycles. The van der Waals surface area contributed by atoms with E-state index in [1.54, 1.807) is 17.7 Å². The van der Waals surface area contributed by atoms with Gasteiger partial charge in [-0.25, -0.2) is 10.5 Å². The Morgan fingerprint density at radius 2 is 1.64 bits per heavy atom. The van der Waals surface area contributed by atoms with Gasteiger partial charge < -0.3 is 4.74 Å². The number of rotatable bonds is 8. The molecule has 2 N–H and O–H groups in total. The van der Waals surface area contributed by atoms with E-state index < -0.39 is 5.91 Å². The molecule has 1 amide bonds. The van der Waals surface area contributed by atoms with Gasteiger partial charge in [0.1, 0.15) is 5.69 Å². The molecule has 0 aliphatic heterocycles. The fourth-order valence-corrected chi connectivity index (χ4v) is 4.03. The maximum atomic E-state index is 12.4. The molecule has 4 aromatic rings. The first-order valence-corrected chi connectivity index (χ1v) is 11.1. The molecule has 2 aromatic carbocycles. The molecular formula is C27H27N3O3. The van der Waals surface area contributed by atoms with Crippen molar-refractivity contribution in [2.75, 3.05) is 7.11 Å². The number of fused-ring (bicyclic) bond motifs is 1. The summed E-state index contributed by atoms with van der Waals surface area (Å²) in [7, 11) is 1.48. The number of hydrogen-bond donors (Lipinski definition) is 2. The number of pyridine rings is 2. The molecule has 6 nitrogen and oxygen atoms in total. The van der Waals surface area contributed by atoms with Crippen LogP contribution in [0.2, 0.25) is 0 Å². The van der Waals surface area contributed by atoms with E-state index in [4.69, 9.17) is 9.72 Å². The lowest BCUT2D eigenvalue weighted by atomic mass is 9.98. The van der Waals surface area contributed by atoms with Gasteiger partial charge in [-0.05, 0) is 35.6 Å². The number of benzene rings is 2. The van der Waals surface area contributed by atoms with Crippen LogP contribution in [0.25, 0.3) is 33.3 Å². The summed E-state index contributed by atoms with van der Waals surface area (Å²) in [6.07, 6.45) is 7.96. The van der Waals surface area contributed by atoms with E-state index in [-0.39, 0.29) is 11.3 Å². The predicted molar refractivity (Wildman–Crippen MR) is 129 cm³/mol. The summed E-state index contributed by atoms with van der Waals surface area (Å²) >= 11 is 0. The average molecular weight is 442 g/mol. The first kappa shape index (κ1) is 22.4. The highest BCUT2D eigenvalue weighted by atomic mass is 16.5. The van der Waals surface area contributed by atoms with E-state index >= 15 is 0 Å². The molecule has 0 unspecified atom stereocenters. The molecule has 168 valence electrons. The monoisotopic (exact) mass is 441 g/mol. The molecule has 2 heterocycles. The Hall–Kier alpha value is -3.77. The van der Waals surface area contributed by atoms with Crippen LogP contribution >= 0.6 is 0 Å². The highest BCUT2D eigenvalue weighted by molar-refractivity contribution is 6.09. The minimum atomic E-state index is -0.677. The summed E-state index contributed by atoms with van der Waals surface area (Å²) in [5, 5.41) is 9.78. The summed E-state index contributed by atoms with van der Waals surface area (Å²) in [6, 6.07) is 18.4. The van der Waals surface area contributed by atoms with Crippen LogP contribution in [0.1, 0.15) is 42.1 Å². The smallest absolute Gasteiger partial charge is 0.279 e. The van der Waals surface area contributed by atoms with Crippen molar-refractivity contribution in [3.63, 3.8) is 0 Å². The van der Waals surface area contributed by atoms with Crippen molar-refractivity contribution >= 4 is 16.8 Å². The van der Waals surface area contributed by atoms with Gasteiger partial charge in [0.2, 0.25) is 0 Å². The molecule has 0 bridgehead atoms. The third-order valence-corrected chi connectivity index (χ3v) is 5.79. The fraction of sp³-hybridized carbons (Fsp3) is 0.222. The number of aromatic nitrogens is 2. The number of unbranched alkanes of at least 4 members (excludes halogenated alkanes) is 2. The Labute approximate surface area is 193 Å². The number of nitrogens with one attached hydrogen (secondary N) is 1. The van der Waals surface area contributed by atoms with Crippen LogP contribution in [0, 0.1) is 0 Å². The Balaban J connectivity index is 1.69. The number of aryl methyl sites for hydroxylation is 1. The zero-order chi connectivity index (χ0) is 23.2. The summed E-state index contributed by atoms with van der Waals surface area (Å²) in [5.74, 6) is -0.393. The predicted octanol–water partition coefficient (Wildman–Crippen LogP) is 5.82. The van der Waals surface area contributed by atoms with E-state index in [0.29, 0.717) is 16.6 Å². The Morgan fingerprint density at radius 3 is 2.27 bits per heavy atom. The van der Waals surface area contributed by atoms with Crippen LogP contribution in [0.4, 0.5) is 0 Å². The standard InChI is InChI=1S/C27H27N3O3/c1-3-4-5-6-18-7-9-19(10-8-18)20-11-13-21(14-12-20)25-26(33-2)24(27(31)30-32)22-17-28-16-15-23(22)29-25/h7-17,32H,3-6H2,1-2H3,(H,30,31). The number of carbonyl (C=O) groups is 1. The molecule has 0 fully saturated rings. The highest BCUT2D eigenvalue weighted by Crippen LogP contribution is 2.36. The number of hydrogen-bond acceptors (Lipinski definition) is 5. The van der Waals surface area contributed by atoms with Crippen molar-refractivity contribution in [1.82, 2.24) is 15.4 Å². The Bertz CT molecular complexity index is 1250. The van der Waals surface area contributed by atoms with E-state index in [0.717, 1.165) is 23.1 Å². The van der Waals surface area contributed by atoms with Crippen molar-refractivity contribution < 1.29 is 14.7 Å². The second-order valence-corrected chi connectivity index (χ2v) is 7.93. The number of nitrogens with zero attached hydrogens (tertiary/aromatic N) is 2. The normalized spacial score (nSPS) is 10.9. The topological polar surface area (TPSA) is 84.3 Å². The van der Waals surface area contributed by atoms with Crippen molar-refractivity contribution in [3.8, 4) is 28.1 Å². The van der Waals surface area contributed by atoms with Gasteiger partial charge in [0.05, 0.1) is 18.2 Å². The van der Waals surface area contributed by atoms with Crippen LogP contribution in [-0.2, 0) is 6.42 Å². The van der Waals surface area contributed by atoms with Gasteiger partial charge in [-0.3, -0.25) is 15.0 Å². The van der Waals surface area contributed by atoms with Gasteiger partial charge in [0.15, 0.2) is 5.75 Å². The van der Waals surface area contributed by atoms with E-state index in [9.17, 15) is 10.0 Å². The second kappa shape index (κ2) is 10.2. The molecule has 0 spiro atoms. The molecule has 6 heteroatoms. The minimum absolute atomic E-state index is 0.191. The van der Waals surface area contributed by atoms with Gasteiger partial charge in [-0.15, -0.1) is 0 Å². The summed E-state index contributed by atoms with van der Waals surface area (Å²) in [5.41, 5.74) is 7.40. The summed E-state index contributed by atoms with van der Waals surface area (Å²) < 4.78 is 5.57. The third kappa shape index (κ3) is 4.71. The lowest BCUT2D eigenvalue weighted by molar-refractivity contribution is 0.0705. The van der Waals surface area contributed by atoms with Crippen molar-refractivity contribution in [3.05, 3.63) is 78.1 Å². The molecule has 0 atom stereocenters. The van der Waals surface area contributed by atoms with E-state index in [1.165, 1.54) is 38.1 Å². The maximum absolute atomic E-state index is 12.4. The number of methoxy groups -OCH3 is 1. The largest absolute Gasteiger partial charge is 0.494 e. The van der Waals surface area contributed by atoms with Crippen LogP contribution in [0.15, 0.2) is 67.0 Å².